The third-order valence-corrected chi connectivity index (χ3v) is 2.35. The zero-order valence-electron chi connectivity index (χ0n) is 8.42. The molecule has 0 bridgehead atoms. The molecule has 1 N–H and O–H groups in total. The first-order chi connectivity index (χ1) is 6.06. The molecule has 0 saturated carbocycles. The molecule has 0 heterocycles. The average molecular weight is 207 g/mol. The predicted molar refractivity (Wildman–Crippen MR) is 55.2 cm³/mol. The van der Waals surface area contributed by atoms with Gasteiger partial charge in [-0.2, -0.15) is 0 Å². The minimum atomic E-state index is -0.694. The van der Waals surface area contributed by atoms with Crippen molar-refractivity contribution in [2.75, 3.05) is 0 Å². The normalized spacial score (nSPS) is 15.3. The van der Waals surface area contributed by atoms with E-state index in [0.717, 1.165) is 25.7 Å². The lowest BCUT2D eigenvalue weighted by Gasteiger charge is -2.13. The van der Waals surface area contributed by atoms with Gasteiger partial charge in [-0.15, -0.1) is 11.6 Å². The van der Waals surface area contributed by atoms with Gasteiger partial charge in [0.15, 0.2) is 0 Å². The molecule has 2 unspecified atom stereocenters. The van der Waals surface area contributed by atoms with Crippen molar-refractivity contribution in [3.8, 4) is 0 Å². The van der Waals surface area contributed by atoms with Gasteiger partial charge in [-0.1, -0.05) is 19.8 Å². The molecule has 0 radical (unpaired) electrons. The van der Waals surface area contributed by atoms with Gasteiger partial charge in [-0.3, -0.25) is 4.79 Å². The Morgan fingerprint density at radius 1 is 1.38 bits per heavy atom. The van der Waals surface area contributed by atoms with Crippen molar-refractivity contribution in [2.45, 2.75) is 51.3 Å². The zero-order chi connectivity index (χ0) is 10.3. The third-order valence-electron chi connectivity index (χ3n) is 2.13. The van der Waals surface area contributed by atoms with Crippen LogP contribution >= 0.6 is 11.6 Å². The third kappa shape index (κ3) is 8.10. The summed E-state index contributed by atoms with van der Waals surface area (Å²) in [6.45, 7) is 4.03. The summed E-state index contributed by atoms with van der Waals surface area (Å²) in [6, 6.07) is 0. The highest BCUT2D eigenvalue weighted by atomic mass is 35.5. The quantitative estimate of drug-likeness (QED) is 0.650. The van der Waals surface area contributed by atoms with Crippen molar-refractivity contribution in [3.05, 3.63) is 0 Å². The first kappa shape index (κ1) is 12.8. The fraction of sp³-hybridized carbons (Fsp3) is 0.900. The van der Waals surface area contributed by atoms with Gasteiger partial charge in [0, 0.05) is 11.8 Å². The molecule has 0 amide bonds. The molecule has 0 rings (SSSR count). The van der Waals surface area contributed by atoms with Crippen LogP contribution in [0.3, 0.4) is 0 Å². The summed E-state index contributed by atoms with van der Waals surface area (Å²) < 4.78 is 0. The molecule has 2 nitrogen and oxygen atoms in total. The van der Waals surface area contributed by atoms with Crippen LogP contribution in [0.15, 0.2) is 0 Å². The van der Waals surface area contributed by atoms with Crippen LogP contribution in [-0.2, 0) is 4.79 Å². The molecule has 0 aromatic carbocycles. The molecule has 2 atom stereocenters. The van der Waals surface area contributed by atoms with Gasteiger partial charge in [0.1, 0.15) is 0 Å². The van der Waals surface area contributed by atoms with Gasteiger partial charge < -0.3 is 5.11 Å². The molecule has 0 fully saturated rings. The van der Waals surface area contributed by atoms with Gasteiger partial charge in [0.25, 0.3) is 0 Å². The molecule has 0 spiro atoms. The predicted octanol–water partition coefficient (Wildman–Crippen LogP) is 3.28. The van der Waals surface area contributed by atoms with E-state index in [2.05, 4.69) is 6.92 Å². The van der Waals surface area contributed by atoms with E-state index in [-0.39, 0.29) is 11.8 Å². The topological polar surface area (TPSA) is 37.3 Å². The maximum atomic E-state index is 10.5. The molecule has 0 aliphatic rings. The lowest BCUT2D eigenvalue weighted by atomic mass is 9.94. The Balaban J connectivity index is 3.72. The largest absolute Gasteiger partial charge is 0.481 e. The van der Waals surface area contributed by atoms with Crippen LogP contribution in [0.2, 0.25) is 0 Å². The molecule has 0 aliphatic carbocycles. The molecule has 0 aromatic heterocycles. The van der Waals surface area contributed by atoms with Crippen LogP contribution in [0.5, 0.6) is 0 Å². The van der Waals surface area contributed by atoms with E-state index in [1.54, 1.807) is 0 Å². The Labute approximate surface area is 85.3 Å². The standard InChI is InChI=1S/C10H19ClO2/c1-3-4-9(7-10(12)13)6-5-8(2)11/h8-9H,3-7H2,1-2H3,(H,12,13). The number of hydrogen-bond donors (Lipinski definition) is 1. The molecule has 3 heteroatoms. The second-order valence-electron chi connectivity index (χ2n) is 3.61. The Kier molecular flexibility index (Phi) is 7.06. The first-order valence-corrected chi connectivity index (χ1v) is 5.35. The number of halogens is 1. The number of hydrogen-bond acceptors (Lipinski definition) is 1. The van der Waals surface area contributed by atoms with Crippen molar-refractivity contribution < 1.29 is 9.90 Å². The smallest absolute Gasteiger partial charge is 0.303 e. The van der Waals surface area contributed by atoms with Gasteiger partial charge in [-0.05, 0) is 25.7 Å². The van der Waals surface area contributed by atoms with E-state index >= 15 is 0 Å². The Hall–Kier alpha value is -0.240. The van der Waals surface area contributed by atoms with Crippen LogP contribution in [0.4, 0.5) is 0 Å². The average Bonchev–Trinajstić information content (AvgIpc) is 1.99. The van der Waals surface area contributed by atoms with Crippen LogP contribution in [0.1, 0.15) is 46.0 Å². The zero-order valence-corrected chi connectivity index (χ0v) is 9.18. The van der Waals surface area contributed by atoms with Crippen molar-refractivity contribution >= 4 is 17.6 Å². The van der Waals surface area contributed by atoms with Crippen LogP contribution in [0.25, 0.3) is 0 Å². The van der Waals surface area contributed by atoms with Crippen LogP contribution in [-0.4, -0.2) is 16.5 Å². The van der Waals surface area contributed by atoms with Crippen LogP contribution < -0.4 is 0 Å². The van der Waals surface area contributed by atoms with Crippen molar-refractivity contribution in [1.82, 2.24) is 0 Å². The van der Waals surface area contributed by atoms with E-state index < -0.39 is 5.97 Å². The lowest BCUT2D eigenvalue weighted by molar-refractivity contribution is -0.138. The Morgan fingerprint density at radius 3 is 2.38 bits per heavy atom. The van der Waals surface area contributed by atoms with Crippen molar-refractivity contribution in [2.24, 2.45) is 5.92 Å². The highest BCUT2D eigenvalue weighted by Crippen LogP contribution is 2.20. The Bertz CT molecular complexity index is 146. The second kappa shape index (κ2) is 7.19. The van der Waals surface area contributed by atoms with Gasteiger partial charge in [0.2, 0.25) is 0 Å². The first-order valence-electron chi connectivity index (χ1n) is 4.92. The van der Waals surface area contributed by atoms with E-state index in [1.165, 1.54) is 0 Å². The summed E-state index contributed by atoms with van der Waals surface area (Å²) in [5.74, 6) is -0.385. The number of carbonyl (C=O) groups is 1. The summed E-state index contributed by atoms with van der Waals surface area (Å²) in [5, 5.41) is 8.80. The SMILES string of the molecule is CCCC(CCC(C)Cl)CC(=O)O. The molecule has 13 heavy (non-hydrogen) atoms. The number of aliphatic carboxylic acids is 1. The van der Waals surface area contributed by atoms with Crippen molar-refractivity contribution in [3.63, 3.8) is 0 Å². The monoisotopic (exact) mass is 206 g/mol. The molecule has 0 saturated heterocycles. The van der Waals surface area contributed by atoms with E-state index in [9.17, 15) is 4.79 Å². The molecule has 0 aliphatic heterocycles. The van der Waals surface area contributed by atoms with Crippen molar-refractivity contribution in [1.29, 1.82) is 0 Å². The Morgan fingerprint density at radius 2 is 2.00 bits per heavy atom. The lowest BCUT2D eigenvalue weighted by Crippen LogP contribution is -2.09. The van der Waals surface area contributed by atoms with E-state index in [0.29, 0.717) is 5.92 Å². The highest BCUT2D eigenvalue weighted by molar-refractivity contribution is 6.20. The summed E-state index contributed by atoms with van der Waals surface area (Å²) in [6.07, 6.45) is 4.19. The molecular formula is C10H19ClO2. The maximum absolute atomic E-state index is 10.5. The number of alkyl halides is 1. The fourth-order valence-corrected chi connectivity index (χ4v) is 1.60. The van der Waals surface area contributed by atoms with Gasteiger partial charge in [0.05, 0.1) is 0 Å². The number of carboxylic acids is 1. The van der Waals surface area contributed by atoms with Gasteiger partial charge in [-0.25, -0.2) is 0 Å². The summed E-state index contributed by atoms with van der Waals surface area (Å²) in [7, 11) is 0. The number of carboxylic acid groups (broad SMARTS) is 1. The second-order valence-corrected chi connectivity index (χ2v) is 4.36. The van der Waals surface area contributed by atoms with E-state index in [4.69, 9.17) is 16.7 Å². The maximum Gasteiger partial charge on any atom is 0.303 e. The fourth-order valence-electron chi connectivity index (χ4n) is 1.47. The van der Waals surface area contributed by atoms with Gasteiger partial charge >= 0.3 is 5.97 Å². The minimum Gasteiger partial charge on any atom is -0.481 e. The summed E-state index contributed by atoms with van der Waals surface area (Å²) in [4.78, 5) is 10.5. The summed E-state index contributed by atoms with van der Waals surface area (Å²) in [5.41, 5.74) is 0. The molecule has 0 aromatic rings. The number of rotatable bonds is 7. The van der Waals surface area contributed by atoms with E-state index in [1.807, 2.05) is 6.92 Å². The highest BCUT2D eigenvalue weighted by Gasteiger charge is 2.12. The summed E-state index contributed by atoms with van der Waals surface area (Å²) >= 11 is 5.81. The molecule has 78 valence electrons. The molecular weight excluding hydrogens is 188 g/mol. The minimum absolute atomic E-state index is 0.160. The van der Waals surface area contributed by atoms with Crippen LogP contribution in [0, 0.1) is 5.92 Å².